The topological polar surface area (TPSA) is 58.2 Å². The van der Waals surface area contributed by atoms with Crippen molar-refractivity contribution in [1.82, 2.24) is 10.6 Å². The van der Waals surface area contributed by atoms with E-state index in [1.165, 1.54) is 0 Å². The minimum Gasteiger partial charge on any atom is -0.346 e. The summed E-state index contributed by atoms with van der Waals surface area (Å²) in [7, 11) is 0. The lowest BCUT2D eigenvalue weighted by atomic mass is 10.4. The smallest absolute Gasteiger partial charge is 0.309 e. The molecule has 44 valence electrons. The molecule has 0 aromatic carbocycles. The summed E-state index contributed by atoms with van der Waals surface area (Å²) in [5.74, 6) is -1.46. The largest absolute Gasteiger partial charge is 0.346 e. The van der Waals surface area contributed by atoms with Gasteiger partial charge >= 0.3 is 11.8 Å². The lowest BCUT2D eigenvalue weighted by Crippen LogP contribution is -2.49. The summed E-state index contributed by atoms with van der Waals surface area (Å²) < 4.78 is 6.83. The summed E-state index contributed by atoms with van der Waals surface area (Å²) in [6, 6.07) is 0. The van der Waals surface area contributed by atoms with Gasteiger partial charge in [0.05, 0.1) is 0 Å². The molecule has 1 rings (SSSR count). The SMILES string of the molecule is [2H]N1CCNC(=O)C1=O. The monoisotopic (exact) mass is 115 g/mol. The fourth-order valence-corrected chi connectivity index (χ4v) is 0.474. The molecule has 2 N–H and O–H groups in total. The first-order chi connectivity index (χ1) is 4.22. The molecule has 4 nitrogen and oxygen atoms in total. The maximum atomic E-state index is 10.5. The zero-order chi connectivity index (χ0) is 6.85. The van der Waals surface area contributed by atoms with E-state index < -0.39 is 11.8 Å². The summed E-state index contributed by atoms with van der Waals surface area (Å²) in [6.45, 7) is 0.665. The highest BCUT2D eigenvalue weighted by atomic mass is 16.2. The van der Waals surface area contributed by atoms with E-state index in [0.29, 0.717) is 11.9 Å². The molecule has 0 saturated carbocycles. The van der Waals surface area contributed by atoms with Gasteiger partial charge in [-0.15, -0.1) is 0 Å². The molecule has 1 saturated heterocycles. The fraction of sp³-hybridized carbons (Fsp3) is 0.500. The Morgan fingerprint density at radius 1 is 1.38 bits per heavy atom. The predicted molar refractivity (Wildman–Crippen MR) is 26.0 cm³/mol. The average Bonchev–Trinajstić information content (AvgIpc) is 1.83. The molecular weight excluding hydrogens is 108 g/mol. The predicted octanol–water partition coefficient (Wildman–Crippen LogP) is -1.77. The summed E-state index contributed by atoms with van der Waals surface area (Å²) in [4.78, 5) is 20.8. The summed E-state index contributed by atoms with van der Waals surface area (Å²) in [5, 5.41) is 2.96. The number of amides is 2. The van der Waals surface area contributed by atoms with Crippen LogP contribution in [-0.4, -0.2) is 24.9 Å². The average molecular weight is 115 g/mol. The number of carbonyl (C=O) groups excluding carboxylic acids is 2. The van der Waals surface area contributed by atoms with Crippen LogP contribution in [0.2, 0.25) is 1.41 Å². The van der Waals surface area contributed by atoms with Crippen molar-refractivity contribution in [2.75, 3.05) is 13.1 Å². The van der Waals surface area contributed by atoms with Gasteiger partial charge in [0.25, 0.3) is 0 Å². The molecule has 0 spiro atoms. The number of rotatable bonds is 0. The van der Waals surface area contributed by atoms with E-state index in [-0.39, 0.29) is 6.54 Å². The first kappa shape index (κ1) is 3.88. The Balaban J connectivity index is 2.62. The maximum absolute atomic E-state index is 10.5. The zero-order valence-corrected chi connectivity index (χ0v) is 4.18. The van der Waals surface area contributed by atoms with Crippen LogP contribution in [0, 0.1) is 0 Å². The van der Waals surface area contributed by atoms with Gasteiger partial charge in [0.1, 0.15) is 0 Å². The Labute approximate surface area is 47.7 Å². The van der Waals surface area contributed by atoms with Crippen LogP contribution in [-0.2, 0) is 9.59 Å². The van der Waals surface area contributed by atoms with Crippen LogP contribution < -0.4 is 10.6 Å². The number of carbonyl (C=O) groups is 2. The summed E-state index contributed by atoms with van der Waals surface area (Å²) in [6.07, 6.45) is 0. The third-order valence-corrected chi connectivity index (χ3v) is 0.847. The molecule has 2 amide bonds. The van der Waals surface area contributed by atoms with Crippen molar-refractivity contribution >= 4 is 11.8 Å². The Morgan fingerprint density at radius 3 is 2.62 bits per heavy atom. The Kier molecular flexibility index (Phi) is 0.881. The number of nitrogens with one attached hydrogen (secondary N) is 2. The van der Waals surface area contributed by atoms with Crippen LogP contribution in [0.3, 0.4) is 0 Å². The molecule has 0 radical (unpaired) electrons. The molecule has 0 aromatic rings. The Bertz CT molecular complexity index is 159. The Morgan fingerprint density at radius 2 is 2.12 bits per heavy atom. The minimum absolute atomic E-state index is 0.282. The number of hydrogen-bond acceptors (Lipinski definition) is 2. The lowest BCUT2D eigenvalue weighted by molar-refractivity contribution is -0.140. The first-order valence-electron chi connectivity index (χ1n) is 2.75. The van der Waals surface area contributed by atoms with Crippen molar-refractivity contribution in [3.8, 4) is 0 Å². The van der Waals surface area contributed by atoms with E-state index in [1.54, 1.807) is 0 Å². The zero-order valence-electron chi connectivity index (χ0n) is 5.18. The molecule has 1 fully saturated rings. The highest BCUT2D eigenvalue weighted by Gasteiger charge is 2.15. The standard InChI is InChI=1S/C4H6N2O2/c7-3-4(8)6-2-1-5-3/h1-2H2,(H,5,7)(H,6,8)/i/hD. The van der Waals surface area contributed by atoms with Gasteiger partial charge in [0.2, 0.25) is 0 Å². The third kappa shape index (κ3) is 0.776. The normalized spacial score (nSPS) is 22.5. The highest BCUT2D eigenvalue weighted by molar-refractivity contribution is 6.35. The Hall–Kier alpha value is -1.06. The van der Waals surface area contributed by atoms with Crippen LogP contribution in [0.1, 0.15) is 0 Å². The van der Waals surface area contributed by atoms with Crippen molar-refractivity contribution in [3.05, 3.63) is 0 Å². The van der Waals surface area contributed by atoms with Crippen LogP contribution in [0.5, 0.6) is 0 Å². The molecular formula is C4H6N2O2. The molecule has 1 heterocycles. The highest BCUT2D eigenvalue weighted by Crippen LogP contribution is 1.73. The minimum atomic E-state index is -0.777. The van der Waals surface area contributed by atoms with E-state index in [9.17, 15) is 9.59 Å². The van der Waals surface area contributed by atoms with Gasteiger partial charge < -0.3 is 10.6 Å². The molecule has 0 aliphatic carbocycles. The van der Waals surface area contributed by atoms with Crippen LogP contribution in [0.25, 0.3) is 0 Å². The van der Waals surface area contributed by atoms with Gasteiger partial charge in [-0.05, 0) is 0 Å². The molecule has 0 unspecified atom stereocenters. The van der Waals surface area contributed by atoms with Crippen LogP contribution in [0.15, 0.2) is 0 Å². The second-order valence-corrected chi connectivity index (χ2v) is 1.44. The second kappa shape index (κ2) is 1.81. The number of piperazine rings is 1. The molecule has 4 heteroatoms. The van der Waals surface area contributed by atoms with Crippen molar-refractivity contribution in [2.24, 2.45) is 0 Å². The van der Waals surface area contributed by atoms with Crippen molar-refractivity contribution in [3.63, 3.8) is 0 Å². The van der Waals surface area contributed by atoms with E-state index in [0.717, 1.165) is 0 Å². The van der Waals surface area contributed by atoms with E-state index in [4.69, 9.17) is 1.41 Å². The number of hydrogen-bond donors (Lipinski definition) is 2. The fourth-order valence-electron chi connectivity index (χ4n) is 0.474. The van der Waals surface area contributed by atoms with E-state index in [1.807, 2.05) is 0 Å². The summed E-state index contributed by atoms with van der Waals surface area (Å²) in [5.41, 5.74) is 0. The van der Waals surface area contributed by atoms with Gasteiger partial charge in [0, 0.05) is 13.1 Å². The van der Waals surface area contributed by atoms with Gasteiger partial charge in [-0.3, -0.25) is 9.59 Å². The third-order valence-electron chi connectivity index (χ3n) is 0.847. The molecule has 1 aliphatic heterocycles. The molecule has 0 atom stereocenters. The molecule has 0 aromatic heterocycles. The molecule has 0 bridgehead atoms. The van der Waals surface area contributed by atoms with Crippen molar-refractivity contribution < 1.29 is 11.0 Å². The maximum Gasteiger partial charge on any atom is 0.309 e. The molecule has 1 aliphatic rings. The first-order valence-corrected chi connectivity index (χ1v) is 2.30. The van der Waals surface area contributed by atoms with Gasteiger partial charge in [-0.25, -0.2) is 0 Å². The van der Waals surface area contributed by atoms with Crippen molar-refractivity contribution in [2.45, 2.75) is 0 Å². The van der Waals surface area contributed by atoms with E-state index in [2.05, 4.69) is 5.32 Å². The quantitative estimate of drug-likeness (QED) is 0.367. The second-order valence-electron chi connectivity index (χ2n) is 1.44. The summed E-state index contributed by atoms with van der Waals surface area (Å²) >= 11 is 0. The van der Waals surface area contributed by atoms with Gasteiger partial charge in [-0.1, -0.05) is 0 Å². The van der Waals surface area contributed by atoms with E-state index >= 15 is 0 Å². The van der Waals surface area contributed by atoms with Crippen LogP contribution >= 0.6 is 0 Å². The van der Waals surface area contributed by atoms with Crippen LogP contribution in [0.4, 0.5) is 0 Å². The van der Waals surface area contributed by atoms with Crippen molar-refractivity contribution in [1.29, 1.82) is 0 Å². The van der Waals surface area contributed by atoms with Gasteiger partial charge in [0.15, 0.2) is 1.41 Å². The lowest BCUT2D eigenvalue weighted by Gasteiger charge is -2.10. The van der Waals surface area contributed by atoms with Gasteiger partial charge in [-0.2, -0.15) is 0 Å². The molecule has 8 heavy (non-hydrogen) atoms.